The second-order valence-corrected chi connectivity index (χ2v) is 5.18. The Morgan fingerprint density at radius 2 is 1.61 bits per heavy atom. The van der Waals surface area contributed by atoms with Gasteiger partial charge in [0.2, 0.25) is 0 Å². The minimum absolute atomic E-state index is 0.0523. The van der Waals surface area contributed by atoms with E-state index in [9.17, 15) is 4.79 Å². The van der Waals surface area contributed by atoms with Crippen LogP contribution in [-0.4, -0.2) is 49.9 Å². The third-order valence-electron chi connectivity index (χ3n) is 2.79. The smallest absolute Gasteiger partial charge is 0.253 e. The molecule has 0 saturated carbocycles. The molecule has 0 spiro atoms. The number of carbonyl (C=O) groups excluding carboxylic acids is 1. The molecule has 0 fully saturated rings. The molecule has 0 saturated heterocycles. The largest absolute Gasteiger partial charge is 0.342 e. The number of carbonyl (C=O) groups is 1. The van der Waals surface area contributed by atoms with Gasteiger partial charge in [0.15, 0.2) is 0 Å². The Balaban J connectivity index is 2.39. The lowest BCUT2D eigenvalue weighted by Gasteiger charge is -2.18. The molecule has 0 atom stereocenters. The van der Waals surface area contributed by atoms with Gasteiger partial charge in [0.1, 0.15) is 0 Å². The van der Waals surface area contributed by atoms with Crippen LogP contribution in [0, 0.1) is 0 Å². The molecule has 1 rings (SSSR count). The van der Waals surface area contributed by atoms with Crippen LogP contribution in [0.25, 0.3) is 0 Å². The minimum atomic E-state index is 0.0523. The molecule has 100 valence electrons. The van der Waals surface area contributed by atoms with Crippen LogP contribution in [0.15, 0.2) is 24.3 Å². The van der Waals surface area contributed by atoms with Gasteiger partial charge >= 0.3 is 0 Å². The Bertz CT molecular complexity index is 376. The molecule has 4 heteroatoms. The van der Waals surface area contributed by atoms with E-state index < -0.39 is 0 Å². The summed E-state index contributed by atoms with van der Waals surface area (Å²) in [6, 6.07) is 7.02. The van der Waals surface area contributed by atoms with Gasteiger partial charge in [-0.25, -0.2) is 0 Å². The summed E-state index contributed by atoms with van der Waals surface area (Å²) in [4.78, 5) is 16.0. The first-order chi connectivity index (χ1) is 8.50. The highest BCUT2D eigenvalue weighted by molar-refractivity contribution is 6.30. The molecule has 1 aromatic rings. The van der Waals surface area contributed by atoms with Crippen molar-refractivity contribution in [1.82, 2.24) is 9.80 Å². The monoisotopic (exact) mass is 268 g/mol. The predicted octanol–water partition coefficient (Wildman–Crippen LogP) is 2.75. The van der Waals surface area contributed by atoms with E-state index in [0.29, 0.717) is 10.6 Å². The van der Waals surface area contributed by atoms with Gasteiger partial charge in [0.25, 0.3) is 5.91 Å². The van der Waals surface area contributed by atoms with Crippen LogP contribution >= 0.6 is 11.6 Å². The molecule has 0 heterocycles. The average Bonchev–Trinajstić information content (AvgIpc) is 2.34. The molecule has 1 aromatic carbocycles. The van der Waals surface area contributed by atoms with Gasteiger partial charge in [-0.1, -0.05) is 11.6 Å². The van der Waals surface area contributed by atoms with Crippen LogP contribution < -0.4 is 0 Å². The molecular formula is C14H21ClN2O. The Morgan fingerprint density at radius 1 is 1.06 bits per heavy atom. The first-order valence-corrected chi connectivity index (χ1v) is 6.54. The molecule has 0 aromatic heterocycles. The fourth-order valence-corrected chi connectivity index (χ4v) is 1.82. The van der Waals surface area contributed by atoms with Crippen molar-refractivity contribution in [3.63, 3.8) is 0 Å². The third kappa shape index (κ3) is 5.07. The van der Waals surface area contributed by atoms with Crippen LogP contribution in [0.3, 0.4) is 0 Å². The Morgan fingerprint density at radius 3 is 2.17 bits per heavy atom. The van der Waals surface area contributed by atoms with Gasteiger partial charge in [-0.3, -0.25) is 4.79 Å². The van der Waals surface area contributed by atoms with Crippen molar-refractivity contribution in [1.29, 1.82) is 0 Å². The molecule has 0 N–H and O–H groups in total. The zero-order chi connectivity index (χ0) is 13.5. The first kappa shape index (κ1) is 15.0. The summed E-state index contributed by atoms with van der Waals surface area (Å²) in [5.41, 5.74) is 0.689. The quantitative estimate of drug-likeness (QED) is 0.741. The summed E-state index contributed by atoms with van der Waals surface area (Å²) < 4.78 is 0. The normalized spacial score (nSPS) is 10.7. The standard InChI is InChI=1S/C14H21ClN2O/c1-16(2)10-4-5-11-17(3)14(18)12-6-8-13(15)9-7-12/h6-9H,4-5,10-11H2,1-3H3. The lowest BCUT2D eigenvalue weighted by molar-refractivity contribution is 0.0792. The number of amides is 1. The SMILES string of the molecule is CN(C)CCCCN(C)C(=O)c1ccc(Cl)cc1. The van der Waals surface area contributed by atoms with E-state index in [2.05, 4.69) is 19.0 Å². The fourth-order valence-electron chi connectivity index (χ4n) is 1.69. The number of unbranched alkanes of at least 4 members (excludes halogenated alkanes) is 1. The molecule has 0 aliphatic heterocycles. The van der Waals surface area contributed by atoms with Crippen LogP contribution in [0.2, 0.25) is 5.02 Å². The van der Waals surface area contributed by atoms with Gasteiger partial charge in [0.05, 0.1) is 0 Å². The highest BCUT2D eigenvalue weighted by Gasteiger charge is 2.10. The van der Waals surface area contributed by atoms with Crippen LogP contribution in [0.5, 0.6) is 0 Å². The summed E-state index contributed by atoms with van der Waals surface area (Å²) in [5.74, 6) is 0.0523. The lowest BCUT2D eigenvalue weighted by atomic mass is 10.2. The average molecular weight is 269 g/mol. The summed E-state index contributed by atoms with van der Waals surface area (Å²) in [6.45, 7) is 1.85. The maximum absolute atomic E-state index is 12.1. The molecule has 0 unspecified atom stereocenters. The van der Waals surface area contributed by atoms with E-state index in [0.717, 1.165) is 25.9 Å². The summed E-state index contributed by atoms with van der Waals surface area (Å²) >= 11 is 5.80. The van der Waals surface area contributed by atoms with Crippen molar-refractivity contribution >= 4 is 17.5 Å². The number of benzene rings is 1. The Labute approximate surface area is 114 Å². The van der Waals surface area contributed by atoms with Crippen molar-refractivity contribution in [2.45, 2.75) is 12.8 Å². The third-order valence-corrected chi connectivity index (χ3v) is 3.04. The van der Waals surface area contributed by atoms with E-state index in [1.807, 2.05) is 7.05 Å². The number of rotatable bonds is 6. The van der Waals surface area contributed by atoms with E-state index in [1.54, 1.807) is 29.2 Å². The zero-order valence-corrected chi connectivity index (χ0v) is 12.1. The van der Waals surface area contributed by atoms with E-state index >= 15 is 0 Å². The summed E-state index contributed by atoms with van der Waals surface area (Å²) in [5, 5.41) is 0.653. The molecule has 0 aliphatic carbocycles. The molecule has 0 radical (unpaired) electrons. The van der Waals surface area contributed by atoms with E-state index in [4.69, 9.17) is 11.6 Å². The summed E-state index contributed by atoms with van der Waals surface area (Å²) in [6.07, 6.45) is 2.12. The van der Waals surface area contributed by atoms with Gasteiger partial charge in [-0.15, -0.1) is 0 Å². The van der Waals surface area contributed by atoms with Crippen LogP contribution in [-0.2, 0) is 0 Å². The Hall–Kier alpha value is -1.06. The maximum atomic E-state index is 12.1. The molecule has 0 aliphatic rings. The molecule has 3 nitrogen and oxygen atoms in total. The van der Waals surface area contributed by atoms with Gasteiger partial charge in [-0.05, 0) is 57.7 Å². The van der Waals surface area contributed by atoms with Crippen molar-refractivity contribution in [3.8, 4) is 0 Å². The topological polar surface area (TPSA) is 23.6 Å². The van der Waals surface area contributed by atoms with E-state index in [1.165, 1.54) is 0 Å². The van der Waals surface area contributed by atoms with Gasteiger partial charge < -0.3 is 9.80 Å². The van der Waals surface area contributed by atoms with Gasteiger partial charge in [0, 0.05) is 24.2 Å². The Kier molecular flexibility index (Phi) is 6.16. The lowest BCUT2D eigenvalue weighted by Crippen LogP contribution is -2.28. The second kappa shape index (κ2) is 7.39. The molecule has 1 amide bonds. The van der Waals surface area contributed by atoms with Gasteiger partial charge in [-0.2, -0.15) is 0 Å². The predicted molar refractivity (Wildman–Crippen MR) is 76.2 cm³/mol. The highest BCUT2D eigenvalue weighted by atomic mass is 35.5. The fraction of sp³-hybridized carbons (Fsp3) is 0.500. The van der Waals surface area contributed by atoms with Crippen molar-refractivity contribution in [2.75, 3.05) is 34.2 Å². The second-order valence-electron chi connectivity index (χ2n) is 4.74. The highest BCUT2D eigenvalue weighted by Crippen LogP contribution is 2.11. The van der Waals surface area contributed by atoms with Crippen molar-refractivity contribution < 1.29 is 4.79 Å². The molecule has 18 heavy (non-hydrogen) atoms. The summed E-state index contributed by atoms with van der Waals surface area (Å²) in [7, 11) is 5.96. The van der Waals surface area contributed by atoms with E-state index in [-0.39, 0.29) is 5.91 Å². The molecule has 0 bridgehead atoms. The number of nitrogens with zero attached hydrogens (tertiary/aromatic N) is 2. The van der Waals surface area contributed by atoms with Crippen molar-refractivity contribution in [2.24, 2.45) is 0 Å². The number of hydrogen-bond acceptors (Lipinski definition) is 2. The van der Waals surface area contributed by atoms with Crippen LogP contribution in [0.1, 0.15) is 23.2 Å². The number of halogens is 1. The minimum Gasteiger partial charge on any atom is -0.342 e. The zero-order valence-electron chi connectivity index (χ0n) is 11.3. The molecular weight excluding hydrogens is 248 g/mol. The number of hydrogen-bond donors (Lipinski definition) is 0. The first-order valence-electron chi connectivity index (χ1n) is 6.16. The van der Waals surface area contributed by atoms with Crippen LogP contribution in [0.4, 0.5) is 0 Å². The van der Waals surface area contributed by atoms with Crippen molar-refractivity contribution in [3.05, 3.63) is 34.9 Å². The maximum Gasteiger partial charge on any atom is 0.253 e.